The Kier molecular flexibility index (Phi) is 5.57. The largest absolute Gasteiger partial charge is 0.459 e. The molecule has 1 unspecified atom stereocenters. The molecular weight excluding hydrogens is 392 g/mol. The van der Waals surface area contributed by atoms with Gasteiger partial charge in [0, 0.05) is 5.69 Å². The van der Waals surface area contributed by atoms with Crippen LogP contribution in [0.4, 0.5) is 18.9 Å². The predicted molar refractivity (Wildman–Crippen MR) is 85.3 cm³/mol. The fourth-order valence-electron chi connectivity index (χ4n) is 1.82. The first kappa shape index (κ1) is 18.8. The third-order valence-corrected chi connectivity index (χ3v) is 3.53. The minimum Gasteiger partial charge on any atom is -0.459 e. The van der Waals surface area contributed by atoms with E-state index in [2.05, 4.69) is 10.6 Å². The van der Waals surface area contributed by atoms with Crippen LogP contribution in [0.1, 0.15) is 16.1 Å². The number of benzene rings is 1. The van der Waals surface area contributed by atoms with Gasteiger partial charge in [0.2, 0.25) is 3.79 Å². The second-order valence-corrected chi connectivity index (χ2v) is 6.98. The molecule has 24 heavy (non-hydrogen) atoms. The summed E-state index contributed by atoms with van der Waals surface area (Å²) in [5.74, 6) is -0.839. The number of furan rings is 1. The summed E-state index contributed by atoms with van der Waals surface area (Å²) in [6, 6.07) is 7.44. The Morgan fingerprint density at radius 3 is 2.29 bits per heavy atom. The first-order valence-electron chi connectivity index (χ1n) is 6.43. The zero-order valence-electron chi connectivity index (χ0n) is 11.7. The first-order chi connectivity index (χ1) is 11.1. The highest BCUT2D eigenvalue weighted by Gasteiger charge is 2.38. The van der Waals surface area contributed by atoms with Crippen LogP contribution in [0.25, 0.3) is 0 Å². The van der Waals surface area contributed by atoms with Crippen molar-refractivity contribution in [1.82, 2.24) is 5.32 Å². The predicted octanol–water partition coefficient (Wildman–Crippen LogP) is 4.84. The number of amides is 1. The number of hydrogen-bond donors (Lipinski definition) is 2. The summed E-state index contributed by atoms with van der Waals surface area (Å²) in [6.07, 6.45) is -4.80. The van der Waals surface area contributed by atoms with E-state index in [0.29, 0.717) is 0 Å². The Morgan fingerprint density at radius 2 is 1.75 bits per heavy atom. The summed E-state index contributed by atoms with van der Waals surface area (Å²) in [5, 5.41) is 4.68. The maximum Gasteiger partial charge on any atom is 0.418 e. The van der Waals surface area contributed by atoms with Crippen LogP contribution in [0, 0.1) is 0 Å². The molecule has 130 valence electrons. The number of nitrogens with one attached hydrogen (secondary N) is 2. The van der Waals surface area contributed by atoms with E-state index >= 15 is 0 Å². The van der Waals surface area contributed by atoms with Gasteiger partial charge in [-0.2, -0.15) is 13.2 Å². The Balaban J connectivity index is 2.27. The normalized spacial score (nSPS) is 13.4. The second-order valence-electron chi connectivity index (χ2n) is 4.61. The molecule has 4 nitrogen and oxygen atoms in total. The molecule has 1 amide bonds. The van der Waals surface area contributed by atoms with E-state index < -0.39 is 27.6 Å². The summed E-state index contributed by atoms with van der Waals surface area (Å²) in [6.45, 7) is 0. The van der Waals surface area contributed by atoms with Crippen molar-refractivity contribution >= 4 is 46.4 Å². The van der Waals surface area contributed by atoms with Gasteiger partial charge in [-0.05, 0) is 24.3 Å². The lowest BCUT2D eigenvalue weighted by atomic mass is 10.1. The van der Waals surface area contributed by atoms with E-state index in [9.17, 15) is 18.0 Å². The van der Waals surface area contributed by atoms with Crippen LogP contribution in [-0.4, -0.2) is 15.9 Å². The molecule has 1 aromatic carbocycles. The topological polar surface area (TPSA) is 54.3 Å². The summed E-state index contributed by atoms with van der Waals surface area (Å²) in [5.41, 5.74) is -1.31. The van der Waals surface area contributed by atoms with Crippen molar-refractivity contribution in [3.63, 3.8) is 0 Å². The fraction of sp³-hybridized carbons (Fsp3) is 0.214. The molecule has 0 radical (unpaired) electrons. The van der Waals surface area contributed by atoms with Gasteiger partial charge in [0.25, 0.3) is 5.91 Å². The maximum absolute atomic E-state index is 13.0. The van der Waals surface area contributed by atoms with Crippen molar-refractivity contribution in [1.29, 1.82) is 0 Å². The van der Waals surface area contributed by atoms with Crippen molar-refractivity contribution in [2.24, 2.45) is 0 Å². The highest BCUT2D eigenvalue weighted by atomic mass is 35.6. The van der Waals surface area contributed by atoms with Gasteiger partial charge >= 0.3 is 6.18 Å². The summed E-state index contributed by atoms with van der Waals surface area (Å²) < 4.78 is 41.9. The van der Waals surface area contributed by atoms with Crippen LogP contribution in [0.2, 0.25) is 0 Å². The number of halogens is 6. The minimum atomic E-state index is -4.62. The lowest BCUT2D eigenvalue weighted by molar-refractivity contribution is -0.137. The Labute approximate surface area is 149 Å². The van der Waals surface area contributed by atoms with Crippen LogP contribution < -0.4 is 10.6 Å². The summed E-state index contributed by atoms with van der Waals surface area (Å²) >= 11 is 17.3. The Bertz CT molecular complexity index is 700. The molecule has 0 aliphatic heterocycles. The third kappa shape index (κ3) is 4.72. The molecule has 1 aromatic heterocycles. The van der Waals surface area contributed by atoms with Gasteiger partial charge in [0.1, 0.15) is 6.17 Å². The molecule has 0 fully saturated rings. The summed E-state index contributed by atoms with van der Waals surface area (Å²) in [7, 11) is 0. The van der Waals surface area contributed by atoms with Crippen molar-refractivity contribution in [3.05, 3.63) is 54.0 Å². The van der Waals surface area contributed by atoms with E-state index in [1.54, 1.807) is 0 Å². The molecule has 0 saturated carbocycles. The van der Waals surface area contributed by atoms with Gasteiger partial charge in [-0.3, -0.25) is 4.79 Å². The Hall–Kier alpha value is -1.57. The molecule has 2 aromatic rings. The second kappa shape index (κ2) is 7.13. The average molecular weight is 402 g/mol. The van der Waals surface area contributed by atoms with E-state index in [4.69, 9.17) is 39.2 Å². The van der Waals surface area contributed by atoms with E-state index in [1.165, 1.54) is 30.5 Å². The van der Waals surface area contributed by atoms with Gasteiger partial charge in [0.05, 0.1) is 11.8 Å². The lowest BCUT2D eigenvalue weighted by Crippen LogP contribution is -2.49. The molecule has 0 bridgehead atoms. The molecule has 2 N–H and O–H groups in total. The number of rotatable bonds is 4. The SMILES string of the molecule is O=C(NC(Nc1ccccc1C(F)(F)F)C(Cl)(Cl)Cl)c1ccco1. The van der Waals surface area contributed by atoms with Crippen molar-refractivity contribution < 1.29 is 22.4 Å². The minimum absolute atomic E-state index is 0.0832. The molecular formula is C14H10Cl3F3N2O2. The molecule has 0 aliphatic rings. The number of carbonyl (C=O) groups excluding carboxylic acids is 1. The van der Waals surface area contributed by atoms with Gasteiger partial charge in [-0.15, -0.1) is 0 Å². The number of hydrogen-bond acceptors (Lipinski definition) is 3. The number of anilines is 1. The zero-order chi connectivity index (χ0) is 18.0. The number of carbonyl (C=O) groups is 1. The third-order valence-electron chi connectivity index (χ3n) is 2.88. The van der Waals surface area contributed by atoms with E-state index in [0.717, 1.165) is 12.1 Å². The first-order valence-corrected chi connectivity index (χ1v) is 7.56. The van der Waals surface area contributed by atoms with Crippen molar-refractivity contribution in [2.75, 3.05) is 5.32 Å². The van der Waals surface area contributed by atoms with Crippen LogP contribution >= 0.6 is 34.8 Å². The van der Waals surface area contributed by atoms with Gasteiger partial charge < -0.3 is 15.1 Å². The smallest absolute Gasteiger partial charge is 0.418 e. The molecule has 1 heterocycles. The van der Waals surface area contributed by atoms with E-state index in [1.807, 2.05) is 0 Å². The highest BCUT2D eigenvalue weighted by Crippen LogP contribution is 2.37. The average Bonchev–Trinajstić information content (AvgIpc) is 2.99. The highest BCUT2D eigenvalue weighted by molar-refractivity contribution is 6.68. The van der Waals surface area contributed by atoms with Crippen LogP contribution in [0.5, 0.6) is 0 Å². The summed E-state index contributed by atoms with van der Waals surface area (Å²) in [4.78, 5) is 12.0. The van der Waals surface area contributed by atoms with Crippen molar-refractivity contribution in [2.45, 2.75) is 16.1 Å². The fourth-order valence-corrected chi connectivity index (χ4v) is 2.15. The monoisotopic (exact) mass is 400 g/mol. The van der Waals surface area contributed by atoms with Gasteiger partial charge in [-0.25, -0.2) is 0 Å². The molecule has 1 atom stereocenters. The van der Waals surface area contributed by atoms with E-state index in [-0.39, 0.29) is 11.4 Å². The lowest BCUT2D eigenvalue weighted by Gasteiger charge is -2.28. The molecule has 10 heteroatoms. The quantitative estimate of drug-likeness (QED) is 0.569. The van der Waals surface area contributed by atoms with Crippen LogP contribution in [-0.2, 0) is 6.18 Å². The van der Waals surface area contributed by atoms with Crippen LogP contribution in [0.15, 0.2) is 47.1 Å². The molecule has 0 aliphatic carbocycles. The Morgan fingerprint density at radius 1 is 1.08 bits per heavy atom. The molecule has 2 rings (SSSR count). The molecule has 0 spiro atoms. The van der Waals surface area contributed by atoms with Gasteiger partial charge in [-0.1, -0.05) is 46.9 Å². The standard InChI is InChI=1S/C14H10Cl3F3N2O2/c15-13(16,17)12(22-11(23)10-6-3-7-24-10)21-9-5-2-1-4-8(9)14(18,19)20/h1-7,12,21H,(H,22,23). The number of alkyl halides is 6. The maximum atomic E-state index is 13.0. The number of para-hydroxylation sites is 1. The molecule has 0 saturated heterocycles. The van der Waals surface area contributed by atoms with Gasteiger partial charge in [0.15, 0.2) is 5.76 Å². The van der Waals surface area contributed by atoms with Crippen molar-refractivity contribution in [3.8, 4) is 0 Å². The zero-order valence-corrected chi connectivity index (χ0v) is 14.0. The van der Waals surface area contributed by atoms with Crippen LogP contribution in [0.3, 0.4) is 0 Å².